The molecule has 2 N–H and O–H groups in total. The van der Waals surface area contributed by atoms with Gasteiger partial charge in [-0.25, -0.2) is 0 Å². The zero-order valence-electron chi connectivity index (χ0n) is 7.69. The molecule has 1 heterocycles. The van der Waals surface area contributed by atoms with Crippen LogP contribution < -0.4 is 5.73 Å². The number of hydrogen-bond donors (Lipinski definition) is 1. The number of rotatable bonds is 2. The van der Waals surface area contributed by atoms with E-state index >= 15 is 0 Å². The summed E-state index contributed by atoms with van der Waals surface area (Å²) >= 11 is 4.54. The second kappa shape index (κ2) is 4.77. The van der Waals surface area contributed by atoms with Gasteiger partial charge in [-0.05, 0) is 58.0 Å². The molecule has 0 bridgehead atoms. The number of aryl methyl sites for hydroxylation is 2. The molecule has 4 heteroatoms. The summed E-state index contributed by atoms with van der Waals surface area (Å²) in [6.45, 7) is 4.21. The summed E-state index contributed by atoms with van der Waals surface area (Å²) in [6.07, 6.45) is 1.90. The van der Waals surface area contributed by atoms with Gasteiger partial charge in [0.1, 0.15) is 0 Å². The van der Waals surface area contributed by atoms with Gasteiger partial charge in [-0.1, -0.05) is 13.8 Å². The third-order valence-electron chi connectivity index (χ3n) is 1.92. The van der Waals surface area contributed by atoms with Crippen LogP contribution in [0.15, 0.2) is 0 Å². The first-order valence-corrected chi connectivity index (χ1v) is 6.39. The maximum atomic E-state index is 5.98. The van der Waals surface area contributed by atoms with E-state index in [1.165, 1.54) is 0 Å². The van der Waals surface area contributed by atoms with E-state index in [0.29, 0.717) is 0 Å². The second-order valence-electron chi connectivity index (χ2n) is 2.75. The minimum atomic E-state index is 0.893. The quantitative estimate of drug-likeness (QED) is 0.773. The highest BCUT2D eigenvalue weighted by molar-refractivity contribution is 14.1. The summed E-state index contributed by atoms with van der Waals surface area (Å²) in [5.74, 6) is 0. The molecule has 0 radical (unpaired) electrons. The summed E-state index contributed by atoms with van der Waals surface area (Å²) in [6, 6.07) is 0. The highest BCUT2D eigenvalue weighted by atomic mass is 127. The van der Waals surface area contributed by atoms with Crippen LogP contribution in [0.25, 0.3) is 0 Å². The lowest BCUT2D eigenvalue weighted by molar-refractivity contribution is 0.938. The van der Waals surface area contributed by atoms with E-state index in [0.717, 1.165) is 37.1 Å². The van der Waals surface area contributed by atoms with Crippen LogP contribution >= 0.6 is 45.2 Å². The molecule has 13 heavy (non-hydrogen) atoms. The molecule has 0 saturated heterocycles. The highest BCUT2D eigenvalue weighted by Crippen LogP contribution is 2.26. The van der Waals surface area contributed by atoms with Gasteiger partial charge in [-0.3, -0.25) is 4.98 Å². The molecule has 72 valence electrons. The smallest absolute Gasteiger partial charge is 0.0622 e. The number of nitrogens with two attached hydrogens (primary N) is 1. The molecular weight excluding hydrogens is 390 g/mol. The Morgan fingerprint density at radius 3 is 1.77 bits per heavy atom. The highest BCUT2D eigenvalue weighted by Gasteiger charge is 2.11. The molecule has 0 fully saturated rings. The summed E-state index contributed by atoms with van der Waals surface area (Å²) in [5, 5.41) is 0. The van der Waals surface area contributed by atoms with E-state index in [4.69, 9.17) is 5.73 Å². The lowest BCUT2D eigenvalue weighted by atomic mass is 10.2. The Labute approximate surface area is 106 Å². The predicted molar refractivity (Wildman–Crippen MR) is 72.8 cm³/mol. The van der Waals surface area contributed by atoms with Crippen molar-refractivity contribution < 1.29 is 0 Å². The van der Waals surface area contributed by atoms with Gasteiger partial charge < -0.3 is 5.73 Å². The maximum absolute atomic E-state index is 5.98. The second-order valence-corrected chi connectivity index (χ2v) is 4.91. The first-order valence-electron chi connectivity index (χ1n) is 4.24. The molecule has 0 aliphatic rings. The normalized spacial score (nSPS) is 10.5. The molecule has 0 unspecified atom stereocenters. The molecule has 0 aliphatic heterocycles. The lowest BCUT2D eigenvalue weighted by Gasteiger charge is -2.10. The third-order valence-corrected chi connectivity index (χ3v) is 4.33. The van der Waals surface area contributed by atoms with Crippen molar-refractivity contribution >= 4 is 50.9 Å². The molecule has 1 rings (SSSR count). The number of nitrogens with zero attached hydrogens (tertiary/aromatic N) is 1. The minimum absolute atomic E-state index is 0.893. The number of anilines is 1. The topological polar surface area (TPSA) is 38.9 Å². The van der Waals surface area contributed by atoms with Crippen LogP contribution in [0.3, 0.4) is 0 Å². The van der Waals surface area contributed by atoms with Crippen molar-refractivity contribution in [3.63, 3.8) is 0 Å². The van der Waals surface area contributed by atoms with E-state index in [1.54, 1.807) is 0 Å². The van der Waals surface area contributed by atoms with Gasteiger partial charge in [0.15, 0.2) is 0 Å². The Bertz CT molecular complexity index is 296. The van der Waals surface area contributed by atoms with E-state index in [1.807, 2.05) is 0 Å². The molecule has 0 aromatic carbocycles. The number of halogens is 2. The molecule has 0 amide bonds. The Balaban J connectivity index is 3.36. The van der Waals surface area contributed by atoms with Crippen molar-refractivity contribution in [2.24, 2.45) is 0 Å². The van der Waals surface area contributed by atoms with Crippen LogP contribution in [0.4, 0.5) is 5.69 Å². The Kier molecular flexibility index (Phi) is 4.21. The van der Waals surface area contributed by atoms with Crippen molar-refractivity contribution in [3.8, 4) is 0 Å². The van der Waals surface area contributed by atoms with Crippen LogP contribution in [0, 0.1) is 7.14 Å². The van der Waals surface area contributed by atoms with Gasteiger partial charge in [0, 0.05) is 0 Å². The number of aromatic nitrogens is 1. The molecule has 0 aliphatic carbocycles. The number of nitrogen functional groups attached to an aromatic ring is 1. The van der Waals surface area contributed by atoms with Crippen LogP contribution in [0.1, 0.15) is 25.2 Å². The molecule has 1 aromatic rings. The summed E-state index contributed by atoms with van der Waals surface area (Å²) < 4.78 is 2.23. The van der Waals surface area contributed by atoms with Crippen LogP contribution in [-0.2, 0) is 12.8 Å². The molecule has 1 aromatic heterocycles. The molecule has 0 spiro atoms. The minimum Gasteiger partial charge on any atom is -0.397 e. The first-order chi connectivity index (χ1) is 6.11. The largest absolute Gasteiger partial charge is 0.397 e. The lowest BCUT2D eigenvalue weighted by Crippen LogP contribution is -2.06. The van der Waals surface area contributed by atoms with Crippen molar-refractivity contribution in [3.05, 3.63) is 18.5 Å². The van der Waals surface area contributed by atoms with E-state index < -0.39 is 0 Å². The molecule has 0 saturated carbocycles. The zero-order chi connectivity index (χ0) is 10.0. The zero-order valence-corrected chi connectivity index (χ0v) is 12.0. The SMILES string of the molecule is CCc1nc(CC)c(I)c(N)c1I. The Hall–Kier alpha value is 0.410. The van der Waals surface area contributed by atoms with Crippen LogP contribution in [0.5, 0.6) is 0 Å². The Morgan fingerprint density at radius 1 is 1.08 bits per heavy atom. The van der Waals surface area contributed by atoms with E-state index in [2.05, 4.69) is 64.0 Å². The van der Waals surface area contributed by atoms with E-state index in [-0.39, 0.29) is 0 Å². The predicted octanol–water partition coefficient (Wildman–Crippen LogP) is 3.00. The van der Waals surface area contributed by atoms with Crippen molar-refractivity contribution in [1.82, 2.24) is 4.98 Å². The van der Waals surface area contributed by atoms with Crippen LogP contribution in [0.2, 0.25) is 0 Å². The summed E-state index contributed by atoms with van der Waals surface area (Å²) in [7, 11) is 0. The average Bonchev–Trinajstić information content (AvgIpc) is 2.15. The van der Waals surface area contributed by atoms with Crippen molar-refractivity contribution in [2.75, 3.05) is 5.73 Å². The van der Waals surface area contributed by atoms with Gasteiger partial charge in [-0.2, -0.15) is 0 Å². The van der Waals surface area contributed by atoms with Gasteiger partial charge in [-0.15, -0.1) is 0 Å². The van der Waals surface area contributed by atoms with Crippen LogP contribution in [-0.4, -0.2) is 4.98 Å². The summed E-state index contributed by atoms with van der Waals surface area (Å²) in [5.41, 5.74) is 9.11. The maximum Gasteiger partial charge on any atom is 0.0622 e. The third kappa shape index (κ3) is 2.26. The van der Waals surface area contributed by atoms with E-state index in [9.17, 15) is 0 Å². The first kappa shape index (κ1) is 11.5. The van der Waals surface area contributed by atoms with Gasteiger partial charge in [0.2, 0.25) is 0 Å². The van der Waals surface area contributed by atoms with Gasteiger partial charge in [0.05, 0.1) is 24.2 Å². The average molecular weight is 402 g/mol. The fraction of sp³-hybridized carbons (Fsp3) is 0.444. The van der Waals surface area contributed by atoms with Crippen molar-refractivity contribution in [1.29, 1.82) is 0 Å². The molecule has 2 nitrogen and oxygen atoms in total. The molecule has 0 atom stereocenters. The molecular formula is C9H12I2N2. The van der Waals surface area contributed by atoms with Gasteiger partial charge >= 0.3 is 0 Å². The monoisotopic (exact) mass is 402 g/mol. The fourth-order valence-electron chi connectivity index (χ4n) is 1.14. The number of hydrogen-bond acceptors (Lipinski definition) is 2. The number of pyridine rings is 1. The fourth-order valence-corrected chi connectivity index (χ4v) is 3.20. The standard InChI is InChI=1S/C9H12I2N2/c1-3-5-7(10)9(12)8(11)6(4-2)13-5/h3-4H2,1-2H3,(H2,12,13). The Morgan fingerprint density at radius 2 is 1.46 bits per heavy atom. The summed E-state index contributed by atoms with van der Waals surface area (Å²) in [4.78, 5) is 4.57. The van der Waals surface area contributed by atoms with Crippen molar-refractivity contribution in [2.45, 2.75) is 26.7 Å². The van der Waals surface area contributed by atoms with Gasteiger partial charge in [0.25, 0.3) is 0 Å².